The molecule has 2 aliphatic rings. The van der Waals surface area contributed by atoms with Gasteiger partial charge in [0, 0.05) is 17.8 Å². The van der Waals surface area contributed by atoms with E-state index in [1.54, 1.807) is 0 Å². The summed E-state index contributed by atoms with van der Waals surface area (Å²) in [4.78, 5) is 2.51. The van der Waals surface area contributed by atoms with Crippen molar-refractivity contribution in [1.29, 1.82) is 0 Å². The normalized spacial score (nSPS) is 22.1. The minimum absolute atomic E-state index is 0.291. The molecule has 0 bridgehead atoms. The number of benzene rings is 2. The standard InChI is InChI=1S/C18H21N3/c1-12(2)11-21-16-10-6-3-7-13(16)17-18(21)20-15-9-5-4-8-14(15)19-17/h3-10,12,17-20H,11H2,1-2H3. The Hall–Kier alpha value is -2.16. The molecule has 0 saturated heterocycles. The van der Waals surface area contributed by atoms with Crippen LogP contribution in [-0.2, 0) is 0 Å². The van der Waals surface area contributed by atoms with Crippen molar-refractivity contribution in [3.05, 3.63) is 54.1 Å². The molecule has 2 aliphatic heterocycles. The first-order chi connectivity index (χ1) is 10.2. The third-order valence-electron chi connectivity index (χ3n) is 4.34. The van der Waals surface area contributed by atoms with Crippen LogP contribution in [0.25, 0.3) is 0 Å². The molecule has 3 heteroatoms. The van der Waals surface area contributed by atoms with Crippen LogP contribution in [0.1, 0.15) is 25.5 Å². The van der Waals surface area contributed by atoms with Crippen molar-refractivity contribution >= 4 is 17.1 Å². The predicted molar refractivity (Wildman–Crippen MR) is 88.8 cm³/mol. The molecule has 0 amide bonds. The zero-order valence-electron chi connectivity index (χ0n) is 12.5. The lowest BCUT2D eigenvalue weighted by atomic mass is 10.0. The monoisotopic (exact) mass is 279 g/mol. The van der Waals surface area contributed by atoms with E-state index in [1.165, 1.54) is 22.6 Å². The average Bonchev–Trinajstić information content (AvgIpc) is 2.79. The molecule has 0 saturated carbocycles. The Morgan fingerprint density at radius 1 is 0.952 bits per heavy atom. The van der Waals surface area contributed by atoms with Gasteiger partial charge in [0.1, 0.15) is 6.17 Å². The van der Waals surface area contributed by atoms with Gasteiger partial charge in [-0.15, -0.1) is 0 Å². The SMILES string of the molecule is CC(C)CN1c2ccccc2C2Nc3ccccc3NC21. The van der Waals surface area contributed by atoms with Gasteiger partial charge in [-0.2, -0.15) is 0 Å². The lowest BCUT2D eigenvalue weighted by molar-refractivity contribution is 0.543. The summed E-state index contributed by atoms with van der Waals surface area (Å²) in [5.41, 5.74) is 5.14. The van der Waals surface area contributed by atoms with E-state index in [9.17, 15) is 0 Å². The minimum atomic E-state index is 0.291. The van der Waals surface area contributed by atoms with Crippen LogP contribution >= 0.6 is 0 Å². The van der Waals surface area contributed by atoms with Crippen LogP contribution in [-0.4, -0.2) is 12.7 Å². The average molecular weight is 279 g/mol. The van der Waals surface area contributed by atoms with Crippen molar-refractivity contribution in [3.8, 4) is 0 Å². The first-order valence-electron chi connectivity index (χ1n) is 7.72. The Balaban J connectivity index is 1.77. The topological polar surface area (TPSA) is 27.3 Å². The fraction of sp³-hybridized carbons (Fsp3) is 0.333. The Kier molecular flexibility index (Phi) is 2.81. The Labute approximate surface area is 126 Å². The molecular formula is C18H21N3. The van der Waals surface area contributed by atoms with Gasteiger partial charge in [-0.25, -0.2) is 0 Å². The molecule has 4 rings (SSSR count). The highest BCUT2D eigenvalue weighted by Crippen LogP contribution is 2.45. The Morgan fingerprint density at radius 3 is 2.38 bits per heavy atom. The summed E-state index contributed by atoms with van der Waals surface area (Å²) in [6, 6.07) is 17.5. The van der Waals surface area contributed by atoms with Crippen LogP contribution < -0.4 is 15.5 Å². The maximum absolute atomic E-state index is 3.72. The fourth-order valence-corrected chi connectivity index (χ4v) is 3.50. The zero-order valence-corrected chi connectivity index (χ0v) is 12.5. The quantitative estimate of drug-likeness (QED) is 0.868. The van der Waals surface area contributed by atoms with Crippen molar-refractivity contribution in [2.75, 3.05) is 22.1 Å². The number of hydrogen-bond acceptors (Lipinski definition) is 3. The number of rotatable bonds is 2. The first kappa shape index (κ1) is 12.6. The molecule has 3 nitrogen and oxygen atoms in total. The van der Waals surface area contributed by atoms with E-state index in [0.717, 1.165) is 6.54 Å². The molecule has 2 N–H and O–H groups in total. The van der Waals surface area contributed by atoms with Crippen LogP contribution in [0.4, 0.5) is 17.1 Å². The molecule has 0 aliphatic carbocycles. The molecule has 2 aromatic rings. The molecule has 2 heterocycles. The largest absolute Gasteiger partial charge is 0.373 e. The molecule has 2 unspecified atom stereocenters. The lowest BCUT2D eigenvalue weighted by Crippen LogP contribution is -2.46. The van der Waals surface area contributed by atoms with Crippen LogP contribution in [0.5, 0.6) is 0 Å². The Morgan fingerprint density at radius 2 is 1.62 bits per heavy atom. The molecule has 0 spiro atoms. The van der Waals surface area contributed by atoms with Gasteiger partial charge in [0.15, 0.2) is 0 Å². The zero-order chi connectivity index (χ0) is 14.4. The van der Waals surface area contributed by atoms with Crippen LogP contribution in [0.3, 0.4) is 0 Å². The van der Waals surface area contributed by atoms with Gasteiger partial charge in [0.25, 0.3) is 0 Å². The maximum atomic E-state index is 3.72. The van der Waals surface area contributed by atoms with E-state index < -0.39 is 0 Å². The van der Waals surface area contributed by atoms with E-state index >= 15 is 0 Å². The number of para-hydroxylation sites is 3. The van der Waals surface area contributed by atoms with Gasteiger partial charge in [-0.05, 0) is 24.1 Å². The van der Waals surface area contributed by atoms with E-state index in [0.29, 0.717) is 18.1 Å². The van der Waals surface area contributed by atoms with Crippen molar-refractivity contribution in [2.24, 2.45) is 5.92 Å². The molecular weight excluding hydrogens is 258 g/mol. The summed E-state index contributed by atoms with van der Waals surface area (Å²) in [5, 5.41) is 7.44. The number of anilines is 3. The fourth-order valence-electron chi connectivity index (χ4n) is 3.50. The lowest BCUT2D eigenvalue weighted by Gasteiger charge is -2.37. The van der Waals surface area contributed by atoms with E-state index in [1.807, 2.05) is 0 Å². The summed E-state index contributed by atoms with van der Waals surface area (Å²) < 4.78 is 0. The van der Waals surface area contributed by atoms with Gasteiger partial charge in [0.05, 0.1) is 17.4 Å². The smallest absolute Gasteiger partial charge is 0.124 e. The summed E-state index contributed by atoms with van der Waals surface area (Å²) >= 11 is 0. The van der Waals surface area contributed by atoms with E-state index in [-0.39, 0.29) is 0 Å². The summed E-state index contributed by atoms with van der Waals surface area (Å²) in [6.45, 7) is 5.62. The molecule has 0 fully saturated rings. The molecule has 0 radical (unpaired) electrons. The number of nitrogens with one attached hydrogen (secondary N) is 2. The first-order valence-corrected chi connectivity index (χ1v) is 7.72. The number of fused-ring (bicyclic) bond motifs is 4. The second kappa shape index (κ2) is 4.69. The Bertz CT molecular complexity index is 665. The van der Waals surface area contributed by atoms with Gasteiger partial charge >= 0.3 is 0 Å². The number of nitrogens with zero attached hydrogens (tertiary/aromatic N) is 1. The highest BCUT2D eigenvalue weighted by Gasteiger charge is 2.41. The van der Waals surface area contributed by atoms with Gasteiger partial charge in [0.2, 0.25) is 0 Å². The van der Waals surface area contributed by atoms with Gasteiger partial charge < -0.3 is 15.5 Å². The van der Waals surface area contributed by atoms with Crippen LogP contribution in [0.15, 0.2) is 48.5 Å². The van der Waals surface area contributed by atoms with Crippen LogP contribution in [0, 0.1) is 5.92 Å². The summed E-state index contributed by atoms with van der Waals surface area (Å²) in [6.07, 6.45) is 0.291. The van der Waals surface area contributed by atoms with Gasteiger partial charge in [-0.1, -0.05) is 44.2 Å². The molecule has 108 valence electrons. The molecule has 0 aromatic heterocycles. The second-order valence-electron chi connectivity index (χ2n) is 6.36. The van der Waals surface area contributed by atoms with Crippen molar-refractivity contribution in [1.82, 2.24) is 0 Å². The maximum Gasteiger partial charge on any atom is 0.124 e. The highest BCUT2D eigenvalue weighted by atomic mass is 15.3. The molecule has 2 atom stereocenters. The minimum Gasteiger partial charge on any atom is -0.373 e. The van der Waals surface area contributed by atoms with E-state index in [2.05, 4.69) is 77.9 Å². The van der Waals surface area contributed by atoms with Crippen molar-refractivity contribution < 1.29 is 0 Å². The highest BCUT2D eigenvalue weighted by molar-refractivity contribution is 5.77. The second-order valence-corrected chi connectivity index (χ2v) is 6.36. The summed E-state index contributed by atoms with van der Waals surface area (Å²) in [7, 11) is 0. The van der Waals surface area contributed by atoms with Crippen molar-refractivity contribution in [2.45, 2.75) is 26.1 Å². The molecule has 2 aromatic carbocycles. The van der Waals surface area contributed by atoms with Gasteiger partial charge in [-0.3, -0.25) is 0 Å². The van der Waals surface area contributed by atoms with Crippen LogP contribution in [0.2, 0.25) is 0 Å². The molecule has 21 heavy (non-hydrogen) atoms. The third kappa shape index (κ3) is 1.96. The summed E-state index contributed by atoms with van der Waals surface area (Å²) in [5.74, 6) is 0.635. The number of hydrogen-bond donors (Lipinski definition) is 2. The third-order valence-corrected chi connectivity index (χ3v) is 4.34. The van der Waals surface area contributed by atoms with E-state index in [4.69, 9.17) is 0 Å². The predicted octanol–water partition coefficient (Wildman–Crippen LogP) is 4.07. The van der Waals surface area contributed by atoms with Crippen molar-refractivity contribution in [3.63, 3.8) is 0 Å².